The predicted molar refractivity (Wildman–Crippen MR) is 83.5 cm³/mol. The summed E-state index contributed by atoms with van der Waals surface area (Å²) in [4.78, 5) is 24.0. The molecule has 21 heavy (non-hydrogen) atoms. The lowest BCUT2D eigenvalue weighted by Crippen LogP contribution is -2.14. The van der Waals surface area contributed by atoms with Crippen LogP contribution in [0.4, 0.5) is 0 Å². The number of carbonyl (C=O) groups excluding carboxylic acids is 2. The average molecular weight is 274 g/mol. The number of hydrogen-bond donors (Lipinski definition) is 0. The second kappa shape index (κ2) is 5.71. The maximum absolute atomic E-state index is 12.6. The maximum Gasteiger partial charge on any atom is 0.177 e. The van der Waals surface area contributed by atoms with Crippen LogP contribution in [0.2, 0.25) is 0 Å². The summed E-state index contributed by atoms with van der Waals surface area (Å²) in [5.74, 6) is -0.908. The highest BCUT2D eigenvalue weighted by Gasteiger charge is 2.21. The molecular weight excluding hydrogens is 260 g/mol. The molecule has 102 valence electrons. The fraction of sp³-hybridized carbons (Fsp3) is 0.0526. The minimum Gasteiger partial charge on any atom is -0.302 e. The normalized spacial score (nSPS) is 12.0. The molecule has 0 saturated carbocycles. The van der Waals surface area contributed by atoms with E-state index in [1.54, 1.807) is 18.2 Å². The van der Waals surface area contributed by atoms with Crippen LogP contribution in [-0.2, 0) is 4.79 Å². The Labute approximate surface area is 123 Å². The van der Waals surface area contributed by atoms with Gasteiger partial charge in [0.15, 0.2) is 5.78 Å². The third-order valence-electron chi connectivity index (χ3n) is 3.61. The van der Waals surface area contributed by atoms with Crippen molar-refractivity contribution in [1.29, 1.82) is 0 Å². The summed E-state index contributed by atoms with van der Waals surface area (Å²) in [5.41, 5.74) is 1.29. The molecule has 1 unspecified atom stereocenters. The largest absolute Gasteiger partial charge is 0.302 e. The monoisotopic (exact) mass is 274 g/mol. The quantitative estimate of drug-likeness (QED) is 0.409. The molecule has 2 heteroatoms. The van der Waals surface area contributed by atoms with Crippen molar-refractivity contribution < 1.29 is 9.59 Å². The Kier molecular flexibility index (Phi) is 3.61. The van der Waals surface area contributed by atoms with Crippen molar-refractivity contribution >= 4 is 22.8 Å². The van der Waals surface area contributed by atoms with Gasteiger partial charge >= 0.3 is 0 Å². The molecule has 0 aliphatic carbocycles. The molecule has 0 bridgehead atoms. The number of rotatable bonds is 4. The van der Waals surface area contributed by atoms with Gasteiger partial charge in [0.05, 0.1) is 0 Å². The zero-order chi connectivity index (χ0) is 14.7. The lowest BCUT2D eigenvalue weighted by molar-refractivity contribution is -0.108. The fourth-order valence-corrected chi connectivity index (χ4v) is 2.47. The highest BCUT2D eigenvalue weighted by molar-refractivity contribution is 6.10. The standard InChI is InChI=1S/C19H14O2/c20-13-18(15-7-2-1-3-8-15)19(21)17-11-10-14-6-4-5-9-16(14)12-17/h1-13,18H. The van der Waals surface area contributed by atoms with E-state index in [0.29, 0.717) is 11.8 Å². The molecular formula is C19H14O2. The van der Waals surface area contributed by atoms with Crippen molar-refractivity contribution in [3.63, 3.8) is 0 Å². The van der Waals surface area contributed by atoms with Gasteiger partial charge in [-0.3, -0.25) is 4.79 Å². The van der Waals surface area contributed by atoms with Crippen molar-refractivity contribution in [3.8, 4) is 0 Å². The molecule has 3 aromatic rings. The Bertz CT molecular complexity index is 791. The number of hydrogen-bond acceptors (Lipinski definition) is 2. The van der Waals surface area contributed by atoms with E-state index in [1.165, 1.54) is 0 Å². The van der Waals surface area contributed by atoms with Crippen molar-refractivity contribution in [3.05, 3.63) is 83.9 Å². The summed E-state index contributed by atoms with van der Waals surface area (Å²) >= 11 is 0. The van der Waals surface area contributed by atoms with Crippen LogP contribution in [0.15, 0.2) is 72.8 Å². The lowest BCUT2D eigenvalue weighted by atomic mass is 9.91. The van der Waals surface area contributed by atoms with Gasteiger partial charge in [0, 0.05) is 5.56 Å². The number of carbonyl (C=O) groups is 2. The summed E-state index contributed by atoms with van der Waals surface area (Å²) in [7, 11) is 0. The van der Waals surface area contributed by atoms with Crippen LogP contribution in [0, 0.1) is 0 Å². The van der Waals surface area contributed by atoms with E-state index < -0.39 is 5.92 Å². The molecule has 0 aliphatic rings. The Hall–Kier alpha value is -2.74. The fourth-order valence-electron chi connectivity index (χ4n) is 2.47. The molecule has 3 rings (SSSR count). The van der Waals surface area contributed by atoms with Gasteiger partial charge in [-0.1, -0.05) is 66.7 Å². The summed E-state index contributed by atoms with van der Waals surface area (Å²) in [6.45, 7) is 0. The van der Waals surface area contributed by atoms with E-state index in [4.69, 9.17) is 0 Å². The van der Waals surface area contributed by atoms with Crippen molar-refractivity contribution in [2.75, 3.05) is 0 Å². The first kappa shape index (κ1) is 13.3. The number of fused-ring (bicyclic) bond motifs is 1. The van der Waals surface area contributed by atoms with E-state index in [0.717, 1.165) is 16.3 Å². The van der Waals surface area contributed by atoms with Crippen molar-refractivity contribution in [2.24, 2.45) is 0 Å². The Morgan fingerprint density at radius 2 is 1.48 bits per heavy atom. The smallest absolute Gasteiger partial charge is 0.177 e. The molecule has 3 aromatic carbocycles. The molecule has 0 saturated heterocycles. The first-order valence-electron chi connectivity index (χ1n) is 6.83. The number of ketones is 1. The topological polar surface area (TPSA) is 34.1 Å². The predicted octanol–water partition coefficient (Wildman–Crippen LogP) is 4.01. The van der Waals surface area contributed by atoms with Gasteiger partial charge in [-0.05, 0) is 22.4 Å². The third-order valence-corrected chi connectivity index (χ3v) is 3.61. The minimum atomic E-state index is -0.743. The summed E-state index contributed by atoms with van der Waals surface area (Å²) in [6, 6.07) is 22.5. The zero-order valence-electron chi connectivity index (χ0n) is 11.4. The molecule has 0 radical (unpaired) electrons. The molecule has 0 N–H and O–H groups in total. The molecule has 0 heterocycles. The Morgan fingerprint density at radius 3 is 2.19 bits per heavy atom. The first-order valence-corrected chi connectivity index (χ1v) is 6.83. The minimum absolute atomic E-state index is 0.165. The SMILES string of the molecule is O=CC(C(=O)c1ccc2ccccc2c1)c1ccccc1. The maximum atomic E-state index is 12.6. The summed E-state index contributed by atoms with van der Waals surface area (Å²) in [5, 5.41) is 2.08. The van der Waals surface area contributed by atoms with Crippen LogP contribution in [0.1, 0.15) is 21.8 Å². The van der Waals surface area contributed by atoms with Gasteiger partial charge in [0.25, 0.3) is 0 Å². The second-order valence-electron chi connectivity index (χ2n) is 4.95. The first-order chi connectivity index (χ1) is 10.3. The van der Waals surface area contributed by atoms with Gasteiger partial charge in [-0.2, -0.15) is 0 Å². The van der Waals surface area contributed by atoms with E-state index in [9.17, 15) is 9.59 Å². The van der Waals surface area contributed by atoms with Gasteiger partial charge in [-0.15, -0.1) is 0 Å². The number of aldehydes is 1. The van der Waals surface area contributed by atoms with Gasteiger partial charge < -0.3 is 4.79 Å². The van der Waals surface area contributed by atoms with E-state index in [-0.39, 0.29) is 5.78 Å². The van der Waals surface area contributed by atoms with E-state index in [1.807, 2.05) is 54.6 Å². The highest BCUT2D eigenvalue weighted by Crippen LogP contribution is 2.22. The molecule has 0 aromatic heterocycles. The molecule has 0 amide bonds. The van der Waals surface area contributed by atoms with Crippen LogP contribution >= 0.6 is 0 Å². The molecule has 0 spiro atoms. The highest BCUT2D eigenvalue weighted by atomic mass is 16.1. The van der Waals surface area contributed by atoms with Gasteiger partial charge in [0.2, 0.25) is 0 Å². The van der Waals surface area contributed by atoms with Gasteiger partial charge in [0.1, 0.15) is 12.2 Å². The Balaban J connectivity index is 2.00. The molecule has 0 fully saturated rings. The van der Waals surface area contributed by atoms with E-state index >= 15 is 0 Å². The van der Waals surface area contributed by atoms with Crippen LogP contribution in [0.3, 0.4) is 0 Å². The summed E-state index contributed by atoms with van der Waals surface area (Å²) in [6.07, 6.45) is 0.715. The number of benzene rings is 3. The van der Waals surface area contributed by atoms with Crippen molar-refractivity contribution in [1.82, 2.24) is 0 Å². The third kappa shape index (κ3) is 2.61. The average Bonchev–Trinajstić information content (AvgIpc) is 2.56. The molecule has 0 aliphatic heterocycles. The zero-order valence-corrected chi connectivity index (χ0v) is 11.4. The van der Waals surface area contributed by atoms with Crippen LogP contribution in [0.25, 0.3) is 10.8 Å². The van der Waals surface area contributed by atoms with E-state index in [2.05, 4.69) is 0 Å². The second-order valence-corrected chi connectivity index (χ2v) is 4.95. The van der Waals surface area contributed by atoms with Crippen LogP contribution in [-0.4, -0.2) is 12.1 Å². The Morgan fingerprint density at radius 1 is 0.810 bits per heavy atom. The summed E-state index contributed by atoms with van der Waals surface area (Å²) < 4.78 is 0. The molecule has 1 atom stereocenters. The molecule has 2 nitrogen and oxygen atoms in total. The lowest BCUT2D eigenvalue weighted by Gasteiger charge is -2.10. The van der Waals surface area contributed by atoms with Crippen LogP contribution < -0.4 is 0 Å². The van der Waals surface area contributed by atoms with Gasteiger partial charge in [-0.25, -0.2) is 0 Å². The number of Topliss-reactive ketones (excluding diaryl/α,β-unsaturated/α-hetero) is 1. The van der Waals surface area contributed by atoms with Crippen molar-refractivity contribution in [2.45, 2.75) is 5.92 Å². The van der Waals surface area contributed by atoms with Crippen LogP contribution in [0.5, 0.6) is 0 Å².